The third-order valence-corrected chi connectivity index (χ3v) is 4.12. The molecule has 0 amide bonds. The molecule has 23 heavy (non-hydrogen) atoms. The summed E-state index contributed by atoms with van der Waals surface area (Å²) in [6, 6.07) is 7.07. The lowest BCUT2D eigenvalue weighted by Gasteiger charge is -2.16. The molecule has 0 bridgehead atoms. The number of aromatic nitrogens is 1. The zero-order valence-electron chi connectivity index (χ0n) is 13.1. The van der Waals surface area contributed by atoms with Crippen LogP contribution >= 0.6 is 23.2 Å². The summed E-state index contributed by atoms with van der Waals surface area (Å²) in [4.78, 5) is 15.8. The number of ether oxygens (including phenoxy) is 2. The smallest absolute Gasteiger partial charge is 0.339 e. The van der Waals surface area contributed by atoms with Crippen molar-refractivity contribution in [3.05, 3.63) is 57.3 Å². The Morgan fingerprint density at radius 1 is 1.26 bits per heavy atom. The Balaban J connectivity index is 2.25. The molecule has 122 valence electrons. The second-order valence-corrected chi connectivity index (χ2v) is 5.98. The van der Waals surface area contributed by atoms with E-state index in [2.05, 4.69) is 9.72 Å². The van der Waals surface area contributed by atoms with Gasteiger partial charge >= 0.3 is 5.97 Å². The van der Waals surface area contributed by atoms with Crippen molar-refractivity contribution in [3.8, 4) is 5.75 Å². The predicted octanol–water partition coefficient (Wildman–Crippen LogP) is 4.53. The van der Waals surface area contributed by atoms with E-state index in [4.69, 9.17) is 27.9 Å². The molecule has 6 heteroatoms. The number of methoxy groups -OCH3 is 2. The minimum Gasteiger partial charge on any atom is -0.496 e. The molecule has 2 aromatic rings. The summed E-state index contributed by atoms with van der Waals surface area (Å²) >= 11 is 12.3. The van der Waals surface area contributed by atoms with Crippen LogP contribution in [0.3, 0.4) is 0 Å². The van der Waals surface area contributed by atoms with E-state index in [0.29, 0.717) is 27.7 Å². The lowest BCUT2D eigenvalue weighted by atomic mass is 9.95. The molecule has 1 aromatic heterocycles. The van der Waals surface area contributed by atoms with Crippen molar-refractivity contribution in [3.63, 3.8) is 0 Å². The van der Waals surface area contributed by atoms with Crippen LogP contribution in [0.1, 0.15) is 34.5 Å². The Morgan fingerprint density at radius 3 is 2.61 bits per heavy atom. The molecule has 1 unspecified atom stereocenters. The summed E-state index contributed by atoms with van der Waals surface area (Å²) in [5, 5.41) is 1.08. The van der Waals surface area contributed by atoms with Gasteiger partial charge in [0.15, 0.2) is 0 Å². The molecule has 1 heterocycles. The number of pyridine rings is 1. The first kappa shape index (κ1) is 17.6. The van der Waals surface area contributed by atoms with Crippen molar-refractivity contribution in [1.29, 1.82) is 0 Å². The maximum Gasteiger partial charge on any atom is 0.339 e. The van der Waals surface area contributed by atoms with Gasteiger partial charge in [-0.15, -0.1) is 0 Å². The zero-order valence-corrected chi connectivity index (χ0v) is 14.6. The molecule has 0 radical (unpaired) electrons. The fraction of sp³-hybridized carbons (Fsp3) is 0.294. The van der Waals surface area contributed by atoms with Crippen LogP contribution in [0.25, 0.3) is 0 Å². The van der Waals surface area contributed by atoms with Gasteiger partial charge in [-0.05, 0) is 42.2 Å². The van der Waals surface area contributed by atoms with Crippen LogP contribution < -0.4 is 4.74 Å². The van der Waals surface area contributed by atoms with Crippen molar-refractivity contribution in [2.24, 2.45) is 0 Å². The molecule has 0 aliphatic rings. The molecule has 0 saturated carbocycles. The third-order valence-electron chi connectivity index (χ3n) is 3.56. The standard InChI is InChI=1S/C17H17Cl2NO3/c1-10(13-8-12(18)4-5-16(13)22-2)6-15-14(19)7-11(9-20-15)17(21)23-3/h4-5,7-10H,6H2,1-3H3. The minimum absolute atomic E-state index is 0.0950. The molecular weight excluding hydrogens is 337 g/mol. The third kappa shape index (κ3) is 4.15. The molecule has 0 aliphatic heterocycles. The molecular formula is C17H17Cl2NO3. The Kier molecular flexibility index (Phi) is 5.85. The van der Waals surface area contributed by atoms with Crippen molar-refractivity contribution in [1.82, 2.24) is 4.98 Å². The normalized spacial score (nSPS) is 11.9. The van der Waals surface area contributed by atoms with Gasteiger partial charge in [0.05, 0.1) is 30.5 Å². The molecule has 1 aromatic carbocycles. The first-order chi connectivity index (χ1) is 11.0. The number of hydrogen-bond donors (Lipinski definition) is 0. The highest BCUT2D eigenvalue weighted by molar-refractivity contribution is 6.31. The minimum atomic E-state index is -0.462. The van der Waals surface area contributed by atoms with E-state index in [9.17, 15) is 4.79 Å². The number of benzene rings is 1. The second kappa shape index (κ2) is 7.66. The van der Waals surface area contributed by atoms with Crippen molar-refractivity contribution < 1.29 is 14.3 Å². The molecule has 2 rings (SSSR count). The van der Waals surface area contributed by atoms with Crippen molar-refractivity contribution in [2.45, 2.75) is 19.3 Å². The maximum atomic E-state index is 11.5. The van der Waals surface area contributed by atoms with E-state index in [0.717, 1.165) is 11.3 Å². The van der Waals surface area contributed by atoms with E-state index >= 15 is 0 Å². The highest BCUT2D eigenvalue weighted by atomic mass is 35.5. The Labute approximate surface area is 145 Å². The van der Waals surface area contributed by atoms with Crippen LogP contribution in [0.15, 0.2) is 30.5 Å². The Morgan fingerprint density at radius 2 is 2.00 bits per heavy atom. The largest absolute Gasteiger partial charge is 0.496 e. The predicted molar refractivity (Wildman–Crippen MR) is 90.7 cm³/mol. The van der Waals surface area contributed by atoms with E-state index in [-0.39, 0.29) is 5.92 Å². The SMILES string of the molecule is COC(=O)c1cnc(CC(C)c2cc(Cl)ccc2OC)c(Cl)c1. The highest BCUT2D eigenvalue weighted by Crippen LogP contribution is 2.32. The lowest BCUT2D eigenvalue weighted by Crippen LogP contribution is -2.06. The van der Waals surface area contributed by atoms with E-state index in [1.54, 1.807) is 19.2 Å². The van der Waals surface area contributed by atoms with Crippen LogP contribution in [0.4, 0.5) is 0 Å². The Bertz CT molecular complexity index is 719. The van der Waals surface area contributed by atoms with Crippen molar-refractivity contribution in [2.75, 3.05) is 14.2 Å². The molecule has 0 spiro atoms. The zero-order chi connectivity index (χ0) is 17.0. The summed E-state index contributed by atoms with van der Waals surface area (Å²) in [5.74, 6) is 0.400. The summed E-state index contributed by atoms with van der Waals surface area (Å²) < 4.78 is 10.0. The highest BCUT2D eigenvalue weighted by Gasteiger charge is 2.16. The summed E-state index contributed by atoms with van der Waals surface area (Å²) in [6.07, 6.45) is 2.06. The van der Waals surface area contributed by atoms with Gasteiger partial charge in [0.1, 0.15) is 5.75 Å². The number of nitrogens with zero attached hydrogens (tertiary/aromatic N) is 1. The first-order valence-corrected chi connectivity index (χ1v) is 7.78. The number of rotatable bonds is 5. The van der Waals surface area contributed by atoms with Crippen LogP contribution in [-0.2, 0) is 11.2 Å². The van der Waals surface area contributed by atoms with Crippen LogP contribution in [0, 0.1) is 0 Å². The molecule has 1 atom stereocenters. The van der Waals surface area contributed by atoms with Gasteiger partial charge < -0.3 is 9.47 Å². The van der Waals surface area contributed by atoms with Gasteiger partial charge in [-0.3, -0.25) is 4.98 Å². The molecule has 0 aliphatic carbocycles. The summed E-state index contributed by atoms with van der Waals surface area (Å²) in [5.41, 5.74) is 2.01. The van der Waals surface area contributed by atoms with Gasteiger partial charge in [0.2, 0.25) is 0 Å². The van der Waals surface area contributed by atoms with Gasteiger partial charge in [0.25, 0.3) is 0 Å². The van der Waals surface area contributed by atoms with Crippen molar-refractivity contribution >= 4 is 29.2 Å². The quantitative estimate of drug-likeness (QED) is 0.741. The first-order valence-electron chi connectivity index (χ1n) is 7.02. The fourth-order valence-corrected chi connectivity index (χ4v) is 2.76. The van der Waals surface area contributed by atoms with Gasteiger partial charge in [-0.2, -0.15) is 0 Å². The molecule has 0 N–H and O–H groups in total. The number of hydrogen-bond acceptors (Lipinski definition) is 4. The second-order valence-electron chi connectivity index (χ2n) is 5.14. The summed E-state index contributed by atoms with van der Waals surface area (Å²) in [6.45, 7) is 2.04. The average Bonchev–Trinajstić information content (AvgIpc) is 2.55. The number of halogens is 2. The van der Waals surface area contributed by atoms with Crippen LogP contribution in [0.2, 0.25) is 10.0 Å². The number of carbonyl (C=O) groups excluding carboxylic acids is 1. The van der Waals surface area contributed by atoms with Crippen LogP contribution in [0.5, 0.6) is 5.75 Å². The van der Waals surface area contributed by atoms with E-state index in [1.807, 2.05) is 19.1 Å². The number of carbonyl (C=O) groups is 1. The molecule has 0 fully saturated rings. The fourth-order valence-electron chi connectivity index (χ4n) is 2.34. The molecule has 0 saturated heterocycles. The van der Waals surface area contributed by atoms with Crippen LogP contribution in [-0.4, -0.2) is 25.2 Å². The number of esters is 1. The van der Waals surface area contributed by atoms with Gasteiger partial charge in [0, 0.05) is 11.2 Å². The van der Waals surface area contributed by atoms with Gasteiger partial charge in [-0.25, -0.2) is 4.79 Å². The van der Waals surface area contributed by atoms with E-state index < -0.39 is 5.97 Å². The monoisotopic (exact) mass is 353 g/mol. The maximum absolute atomic E-state index is 11.5. The topological polar surface area (TPSA) is 48.4 Å². The van der Waals surface area contributed by atoms with Gasteiger partial charge in [-0.1, -0.05) is 30.1 Å². The summed E-state index contributed by atoms with van der Waals surface area (Å²) in [7, 11) is 2.94. The molecule has 4 nitrogen and oxygen atoms in total. The Hall–Kier alpha value is -1.78. The lowest BCUT2D eigenvalue weighted by molar-refractivity contribution is 0.0600. The average molecular weight is 354 g/mol. The van der Waals surface area contributed by atoms with E-state index in [1.165, 1.54) is 13.3 Å².